The van der Waals surface area contributed by atoms with E-state index in [4.69, 9.17) is 19.8 Å². The molecule has 5 rings (SSSR count). The van der Waals surface area contributed by atoms with Gasteiger partial charge in [0, 0.05) is 31.6 Å². The molecule has 9 nitrogen and oxygen atoms in total. The zero-order chi connectivity index (χ0) is 29.3. The number of ether oxygens (including phenoxy) is 1. The topological polar surface area (TPSA) is 99.7 Å². The lowest BCUT2D eigenvalue weighted by Crippen LogP contribution is -2.41. The van der Waals surface area contributed by atoms with E-state index in [2.05, 4.69) is 6.07 Å². The number of anilines is 2. The van der Waals surface area contributed by atoms with Gasteiger partial charge in [-0.3, -0.25) is 0 Å². The summed E-state index contributed by atoms with van der Waals surface area (Å²) in [5.41, 5.74) is 3.41. The van der Waals surface area contributed by atoms with E-state index in [1.807, 2.05) is 68.4 Å². The van der Waals surface area contributed by atoms with Crippen LogP contribution in [0.4, 0.5) is 20.8 Å². The molecule has 212 valence electrons. The molecule has 1 aromatic carbocycles. The van der Waals surface area contributed by atoms with Gasteiger partial charge in [0.25, 0.3) is 0 Å². The Labute approximate surface area is 239 Å². The van der Waals surface area contributed by atoms with E-state index >= 15 is 0 Å². The van der Waals surface area contributed by atoms with Gasteiger partial charge in [-0.2, -0.15) is 14.9 Å². The molecule has 0 N–H and O–H groups in total. The summed E-state index contributed by atoms with van der Waals surface area (Å²) in [5, 5.41) is 14.6. The lowest BCUT2D eigenvalue weighted by Gasteiger charge is -2.33. The third-order valence-electron chi connectivity index (χ3n) is 7.22. The van der Waals surface area contributed by atoms with Crippen molar-refractivity contribution in [2.24, 2.45) is 0 Å². The zero-order valence-corrected chi connectivity index (χ0v) is 24.1. The van der Waals surface area contributed by atoms with Gasteiger partial charge in [-0.15, -0.1) is 0 Å². The number of benzene rings is 1. The molecule has 1 amide bonds. The van der Waals surface area contributed by atoms with Gasteiger partial charge < -0.3 is 14.5 Å². The Morgan fingerprint density at radius 1 is 1.15 bits per heavy atom. The number of imidazole rings is 1. The minimum atomic E-state index is -0.521. The summed E-state index contributed by atoms with van der Waals surface area (Å²) < 4.78 is 21.1. The number of pyridine rings is 1. The number of nitrogens with zero attached hydrogens (tertiary/aromatic N) is 7. The summed E-state index contributed by atoms with van der Waals surface area (Å²) in [6.07, 6.45) is 2.01. The van der Waals surface area contributed by atoms with Crippen molar-refractivity contribution in [3.8, 4) is 17.3 Å². The van der Waals surface area contributed by atoms with E-state index in [-0.39, 0.29) is 17.6 Å². The Balaban J connectivity index is 1.44. The SMILES string of the molecule is CCc1nc2ccc(C3CCN(C(=O)OC(C)(C)C)CC3)nn2c1N(C)c1cccc(-c2ccc(F)cc2C#N)n1. The largest absolute Gasteiger partial charge is 0.444 e. The fourth-order valence-corrected chi connectivity index (χ4v) is 5.16. The molecule has 0 unspecified atom stereocenters. The fourth-order valence-electron chi connectivity index (χ4n) is 5.16. The number of hydrogen-bond acceptors (Lipinski definition) is 7. The number of halogens is 1. The van der Waals surface area contributed by atoms with Crippen molar-refractivity contribution in [3.05, 3.63) is 71.3 Å². The van der Waals surface area contributed by atoms with Crippen LogP contribution in [0.25, 0.3) is 16.9 Å². The van der Waals surface area contributed by atoms with Crippen LogP contribution < -0.4 is 4.90 Å². The second kappa shape index (κ2) is 11.2. The molecule has 1 fully saturated rings. The molecule has 1 aliphatic rings. The molecule has 3 aromatic heterocycles. The second-order valence-corrected chi connectivity index (χ2v) is 11.2. The van der Waals surface area contributed by atoms with Crippen LogP contribution in [0.5, 0.6) is 0 Å². The first-order chi connectivity index (χ1) is 19.6. The van der Waals surface area contributed by atoms with Gasteiger partial charge in [0.2, 0.25) is 0 Å². The molecule has 1 aliphatic heterocycles. The van der Waals surface area contributed by atoms with Gasteiger partial charge >= 0.3 is 6.09 Å². The maximum atomic E-state index is 13.7. The highest BCUT2D eigenvalue weighted by Crippen LogP contribution is 2.32. The van der Waals surface area contributed by atoms with Crippen molar-refractivity contribution in [2.75, 3.05) is 25.0 Å². The molecular formula is C31H34FN7O2. The Bertz CT molecular complexity index is 1630. The van der Waals surface area contributed by atoms with Gasteiger partial charge in [0.15, 0.2) is 11.5 Å². The summed E-state index contributed by atoms with van der Waals surface area (Å²) in [4.78, 5) is 25.9. The van der Waals surface area contributed by atoms with Crippen molar-refractivity contribution >= 4 is 23.4 Å². The number of piperidine rings is 1. The number of hydrogen-bond donors (Lipinski definition) is 0. The zero-order valence-electron chi connectivity index (χ0n) is 24.1. The molecule has 0 saturated carbocycles. The van der Waals surface area contributed by atoms with Crippen molar-refractivity contribution in [3.63, 3.8) is 0 Å². The van der Waals surface area contributed by atoms with Crippen LogP contribution in [0.1, 0.15) is 63.4 Å². The summed E-state index contributed by atoms with van der Waals surface area (Å²) in [6, 6.07) is 15.8. The molecule has 0 bridgehead atoms. The van der Waals surface area contributed by atoms with E-state index < -0.39 is 11.4 Å². The molecular weight excluding hydrogens is 521 g/mol. The van der Waals surface area contributed by atoms with Crippen molar-refractivity contribution in [1.82, 2.24) is 24.5 Å². The number of rotatable bonds is 5. The van der Waals surface area contributed by atoms with Gasteiger partial charge in [0.05, 0.1) is 28.7 Å². The number of nitriles is 1. The molecule has 4 aromatic rings. The monoisotopic (exact) mass is 555 g/mol. The smallest absolute Gasteiger partial charge is 0.410 e. The first-order valence-corrected chi connectivity index (χ1v) is 13.8. The van der Waals surface area contributed by atoms with Crippen LogP contribution in [-0.2, 0) is 11.2 Å². The molecule has 0 aliphatic carbocycles. The van der Waals surface area contributed by atoms with Crippen molar-refractivity contribution in [2.45, 2.75) is 58.5 Å². The summed E-state index contributed by atoms with van der Waals surface area (Å²) in [7, 11) is 1.91. The summed E-state index contributed by atoms with van der Waals surface area (Å²) in [6.45, 7) is 8.90. The highest BCUT2D eigenvalue weighted by molar-refractivity contribution is 5.71. The predicted octanol–water partition coefficient (Wildman–Crippen LogP) is 6.25. The fraction of sp³-hybridized carbons (Fsp3) is 0.387. The standard InChI is InChI=1S/C31H34FN7O2/c1-6-24-29(37(5)27-9-7-8-26(35-27)23-11-10-22(32)18-21(23)19-33)39-28(34-24)13-12-25(36-39)20-14-16-38(17-15-20)30(40)41-31(2,3)4/h7-13,18,20H,6,14-17H2,1-5H3. The molecule has 0 radical (unpaired) electrons. The average Bonchev–Trinajstić information content (AvgIpc) is 3.34. The molecule has 4 heterocycles. The van der Waals surface area contributed by atoms with E-state index in [9.17, 15) is 14.4 Å². The van der Waals surface area contributed by atoms with E-state index in [1.165, 1.54) is 12.1 Å². The Hall–Kier alpha value is -4.52. The average molecular weight is 556 g/mol. The number of aryl methyl sites for hydroxylation is 1. The maximum Gasteiger partial charge on any atom is 0.410 e. The van der Waals surface area contributed by atoms with Crippen LogP contribution in [0.15, 0.2) is 48.5 Å². The summed E-state index contributed by atoms with van der Waals surface area (Å²) in [5.74, 6) is 1.19. The van der Waals surface area contributed by atoms with Crippen LogP contribution in [-0.4, -0.2) is 56.3 Å². The summed E-state index contributed by atoms with van der Waals surface area (Å²) >= 11 is 0. The van der Waals surface area contributed by atoms with E-state index in [1.54, 1.807) is 17.0 Å². The van der Waals surface area contributed by atoms with Gasteiger partial charge in [-0.1, -0.05) is 13.0 Å². The quantitative estimate of drug-likeness (QED) is 0.287. The predicted molar refractivity (Wildman–Crippen MR) is 155 cm³/mol. The van der Waals surface area contributed by atoms with Gasteiger partial charge in [0.1, 0.15) is 17.2 Å². The third kappa shape index (κ3) is 5.85. The first kappa shape index (κ1) is 28.0. The van der Waals surface area contributed by atoms with Crippen LogP contribution >= 0.6 is 0 Å². The van der Waals surface area contributed by atoms with Crippen LogP contribution in [0, 0.1) is 17.1 Å². The number of likely N-dealkylation sites (tertiary alicyclic amines) is 1. The minimum Gasteiger partial charge on any atom is -0.444 e. The molecule has 1 saturated heterocycles. The minimum absolute atomic E-state index is 0.202. The molecule has 0 atom stereocenters. The highest BCUT2D eigenvalue weighted by Gasteiger charge is 2.29. The second-order valence-electron chi connectivity index (χ2n) is 11.2. The molecule has 0 spiro atoms. The van der Waals surface area contributed by atoms with Crippen molar-refractivity contribution in [1.29, 1.82) is 5.26 Å². The maximum absolute atomic E-state index is 13.7. The molecule has 41 heavy (non-hydrogen) atoms. The number of carbonyl (C=O) groups is 1. The normalized spacial score (nSPS) is 14.2. The number of fused-ring (bicyclic) bond motifs is 1. The van der Waals surface area contributed by atoms with Crippen LogP contribution in [0.3, 0.4) is 0 Å². The Kier molecular flexibility index (Phi) is 7.63. The molecule has 10 heteroatoms. The van der Waals surface area contributed by atoms with Gasteiger partial charge in [-0.05, 0) is 82.5 Å². The number of amides is 1. The number of aromatic nitrogens is 4. The lowest BCUT2D eigenvalue weighted by atomic mass is 9.93. The Morgan fingerprint density at radius 2 is 1.90 bits per heavy atom. The van der Waals surface area contributed by atoms with Crippen molar-refractivity contribution < 1.29 is 13.9 Å². The van der Waals surface area contributed by atoms with E-state index in [0.29, 0.717) is 36.6 Å². The Morgan fingerprint density at radius 3 is 2.59 bits per heavy atom. The van der Waals surface area contributed by atoms with E-state index in [0.717, 1.165) is 35.7 Å². The lowest BCUT2D eigenvalue weighted by molar-refractivity contribution is 0.0204. The van der Waals surface area contributed by atoms with Crippen LogP contribution in [0.2, 0.25) is 0 Å². The van der Waals surface area contributed by atoms with Gasteiger partial charge in [-0.25, -0.2) is 19.2 Å². The highest BCUT2D eigenvalue weighted by atomic mass is 19.1. The number of carbonyl (C=O) groups excluding carboxylic acids is 1. The third-order valence-corrected chi connectivity index (χ3v) is 7.22. The first-order valence-electron chi connectivity index (χ1n) is 13.8.